The summed E-state index contributed by atoms with van der Waals surface area (Å²) in [4.78, 5) is 0. The smallest absolute Gasteiger partial charge is 0.309 e. The molecule has 6 nitrogen and oxygen atoms in total. The van der Waals surface area contributed by atoms with Gasteiger partial charge in [-0.1, -0.05) is 552 Å². The van der Waals surface area contributed by atoms with Gasteiger partial charge in [-0.2, -0.15) is 0 Å². The van der Waals surface area contributed by atoms with Crippen LogP contribution in [0.25, 0.3) is 117 Å². The molecule has 0 saturated heterocycles. The van der Waals surface area contributed by atoms with Crippen molar-refractivity contribution in [3.05, 3.63) is 341 Å². The molecule has 148 heavy (non-hydrogen) atoms. The van der Waals surface area contributed by atoms with E-state index in [0.29, 0.717) is 26.4 Å². The van der Waals surface area contributed by atoms with Crippen LogP contribution in [0.5, 0.6) is 0 Å². The third-order valence-electron chi connectivity index (χ3n) is 33.0. The average Bonchev–Trinajstić information content (AvgIpc) is 1.58. The lowest BCUT2D eigenvalue weighted by Gasteiger charge is -2.33. The van der Waals surface area contributed by atoms with E-state index in [1.54, 1.807) is 0 Å². The molecule has 0 radical (unpaired) electrons. The number of hydrogen-bond acceptors (Lipinski definition) is 6. The molecule has 0 heterocycles. The van der Waals surface area contributed by atoms with E-state index < -0.39 is 15.2 Å². The second kappa shape index (κ2) is 55.4. The Kier molecular flexibility index (Phi) is 42.1. The molecule has 0 amide bonds. The highest BCUT2D eigenvalue weighted by Crippen LogP contribution is 2.62. The highest BCUT2D eigenvalue weighted by molar-refractivity contribution is 7.53. The van der Waals surface area contributed by atoms with Crippen LogP contribution in [0.1, 0.15) is 462 Å². The summed E-state index contributed by atoms with van der Waals surface area (Å²) < 4.78 is 51.5. The minimum atomic E-state index is -3.30. The van der Waals surface area contributed by atoms with E-state index in [9.17, 15) is 9.13 Å². The van der Waals surface area contributed by atoms with Crippen molar-refractivity contribution in [2.75, 3.05) is 26.4 Å². The van der Waals surface area contributed by atoms with Crippen molar-refractivity contribution >= 4 is 88.1 Å². The van der Waals surface area contributed by atoms with Gasteiger partial charge in [-0.25, -0.2) is 0 Å². The SMILES string of the molecule is CCCCCCC1(CCCCCC)c2cc(/C=C/c3ccc(/C=C/c4ccc5c(c4)C(CCCCCC)(CCCCCC)c4cc(/C=C/c6ccc(/C=C/c7ccc8c(c7)C(CCCCCC)(CCCCCC)c7cc(CP(=O)(OCC)OCC)ccc7-8)cc6)ccc4-5)cc3)ccc2-c2ccc(/C=C/c3ccc(/C=C/c4ccc5c(c4)C(CCCCCC)(CCCCCC)c4cc(CP(=O)(OCC)OCC)ccc4-5)cc3)cc21. The molecular weight excluding hydrogens is 1840 g/mol. The topological polar surface area (TPSA) is 71.1 Å². The molecule has 0 aromatic heterocycles. The van der Waals surface area contributed by atoms with Gasteiger partial charge in [0.1, 0.15) is 0 Å². The first-order valence-electron chi connectivity index (χ1n) is 58.7. The number of benzene rings is 11. The predicted octanol–water partition coefficient (Wildman–Crippen LogP) is 43.1. The quantitative estimate of drug-likeness (QED) is 0.0215. The van der Waals surface area contributed by atoms with Crippen molar-refractivity contribution in [2.24, 2.45) is 0 Å². The summed E-state index contributed by atoms with van der Waals surface area (Å²) in [6, 6.07) is 85.1. The fourth-order valence-electron chi connectivity index (χ4n) is 25.3. The Hall–Kier alpha value is -9.84. The van der Waals surface area contributed by atoms with E-state index in [1.165, 1.54) is 361 Å². The Morgan fingerprint density at radius 3 is 0.473 bits per heavy atom. The molecule has 0 unspecified atom stereocenters. The molecule has 0 N–H and O–H groups in total. The third-order valence-corrected chi connectivity index (χ3v) is 37.2. The number of rotatable bonds is 64. The van der Waals surface area contributed by atoms with Gasteiger partial charge in [0.2, 0.25) is 0 Å². The van der Waals surface area contributed by atoms with Gasteiger partial charge in [-0.05, 0) is 246 Å². The molecule has 0 aliphatic heterocycles. The van der Waals surface area contributed by atoms with Crippen LogP contribution in [0.2, 0.25) is 0 Å². The second-order valence-electron chi connectivity index (χ2n) is 43.6. The molecule has 15 rings (SSSR count). The monoisotopic (exact) mass is 2020 g/mol. The Balaban J connectivity index is 0.635. The normalized spacial score (nSPS) is 14.5. The van der Waals surface area contributed by atoms with E-state index in [1.807, 2.05) is 27.7 Å². The number of fused-ring (bicyclic) bond motifs is 12. The van der Waals surface area contributed by atoms with Gasteiger partial charge < -0.3 is 18.1 Å². The lowest BCUT2D eigenvalue weighted by Crippen LogP contribution is -2.26. The fraction of sp³-hybridized carbons (Fsp3) is 0.443. The first kappa shape index (κ1) is 112. The maximum atomic E-state index is 14.0. The summed E-state index contributed by atoms with van der Waals surface area (Å²) in [5.74, 6) is 0. The maximum absolute atomic E-state index is 14.0. The highest BCUT2D eigenvalue weighted by Gasteiger charge is 2.48. The minimum Gasteiger partial charge on any atom is -0.309 e. The van der Waals surface area contributed by atoms with Crippen LogP contribution < -0.4 is 0 Å². The van der Waals surface area contributed by atoms with E-state index >= 15 is 0 Å². The molecule has 0 bridgehead atoms. The Morgan fingerprint density at radius 2 is 0.318 bits per heavy atom. The molecule has 782 valence electrons. The maximum Gasteiger partial charge on any atom is 0.335 e. The molecule has 0 spiro atoms. The van der Waals surface area contributed by atoms with Crippen molar-refractivity contribution in [3.63, 3.8) is 0 Å². The molecule has 0 saturated carbocycles. The molecule has 4 aliphatic carbocycles. The molecular formula is C140H176O6P2. The first-order chi connectivity index (χ1) is 72.4. The zero-order valence-corrected chi connectivity index (χ0v) is 94.4. The van der Waals surface area contributed by atoms with Crippen molar-refractivity contribution in [2.45, 2.75) is 374 Å². The van der Waals surface area contributed by atoms with Crippen LogP contribution in [0.15, 0.2) is 218 Å². The van der Waals surface area contributed by atoms with Gasteiger partial charge >= 0.3 is 15.2 Å². The molecule has 11 aromatic rings. The number of unbranched alkanes of at least 4 members (excludes halogenated alkanes) is 24. The van der Waals surface area contributed by atoms with Gasteiger partial charge in [0, 0.05) is 21.7 Å². The molecule has 0 fully saturated rings. The summed E-state index contributed by atoms with van der Waals surface area (Å²) in [6.45, 7) is 27.6. The molecule has 4 aliphatic rings. The third kappa shape index (κ3) is 27.6. The average molecular weight is 2020 g/mol. The van der Waals surface area contributed by atoms with Crippen LogP contribution in [0.4, 0.5) is 0 Å². The minimum absolute atomic E-state index is 0.0653. The van der Waals surface area contributed by atoms with E-state index in [4.69, 9.17) is 18.1 Å². The second-order valence-corrected chi connectivity index (χ2v) is 47.7. The van der Waals surface area contributed by atoms with E-state index in [-0.39, 0.29) is 34.0 Å². The van der Waals surface area contributed by atoms with Crippen molar-refractivity contribution in [1.29, 1.82) is 0 Å². The zero-order chi connectivity index (χ0) is 104. The van der Waals surface area contributed by atoms with Crippen LogP contribution >= 0.6 is 15.2 Å². The highest BCUT2D eigenvalue weighted by atomic mass is 31.2. The molecule has 11 aromatic carbocycles. The Bertz CT molecular complexity index is 5970. The van der Waals surface area contributed by atoms with Crippen LogP contribution in [-0.4, -0.2) is 26.4 Å². The standard InChI is InChI=1S/C140H176O6P2/c1-13-25-33-41-89-137(90-42-34-26-14-2)129-97-113(73-81-121(129)123-83-75-115(99-131(123)137)69-63-109-53-57-111(58-54-109)65-71-117-77-85-125-127-87-79-119(105-147(141,143-21-9)144-22-10)103-135(127)139(133(125)101-117,93-45-37-29-17-5)94-46-38-30-18-6)67-61-107-49-51-108(52-50-107)62-68-114-74-82-122-124-84-76-116(100-132(124)138(130(122)98-114,91-43-35-27-15-3)92-44-36-28-16-4)70-64-110-55-59-112(60-56-110)66-72-118-78-86-126-128-88-80-120(106-148(142,145-23-11)146-24-12)104-136(128)140(134(126)102-118,95-47-39-31-19-7)96-48-40-32-20-8/h49-88,97-104H,13-48,89-96,105-106H2,1-12H3/b67-61+,68-62+,69-63+,70-64+,71-65+,72-66+. The number of hydrogen-bond donors (Lipinski definition) is 0. The summed E-state index contributed by atoms with van der Waals surface area (Å²) in [5, 5.41) is 0. The van der Waals surface area contributed by atoms with Crippen LogP contribution in [-0.2, 0) is 61.2 Å². The fourth-order valence-corrected chi connectivity index (χ4v) is 28.7. The van der Waals surface area contributed by atoms with Crippen LogP contribution in [0.3, 0.4) is 0 Å². The van der Waals surface area contributed by atoms with Crippen molar-refractivity contribution < 1.29 is 27.2 Å². The largest absolute Gasteiger partial charge is 0.335 e. The molecule has 0 atom stereocenters. The summed E-state index contributed by atoms with van der Waals surface area (Å²) in [6.07, 6.45) is 76.9. The van der Waals surface area contributed by atoms with Gasteiger partial charge in [0.15, 0.2) is 0 Å². The van der Waals surface area contributed by atoms with Crippen LogP contribution in [0, 0.1) is 0 Å². The van der Waals surface area contributed by atoms with Gasteiger partial charge in [-0.3, -0.25) is 9.13 Å². The Morgan fingerprint density at radius 1 is 0.176 bits per heavy atom. The lowest BCUT2D eigenvalue weighted by atomic mass is 9.70. The Labute approximate surface area is 894 Å². The first-order valence-corrected chi connectivity index (χ1v) is 62.2. The van der Waals surface area contributed by atoms with Gasteiger partial charge in [-0.15, -0.1) is 0 Å². The predicted molar refractivity (Wildman–Crippen MR) is 643 cm³/mol. The van der Waals surface area contributed by atoms with E-state index in [2.05, 4.69) is 347 Å². The summed E-state index contributed by atoms with van der Waals surface area (Å²) in [5.41, 5.74) is 39.1. The lowest BCUT2D eigenvalue weighted by molar-refractivity contribution is 0.218. The van der Waals surface area contributed by atoms with Crippen molar-refractivity contribution in [1.82, 2.24) is 0 Å². The summed E-state index contributed by atoms with van der Waals surface area (Å²) >= 11 is 0. The molecule has 8 heteroatoms. The van der Waals surface area contributed by atoms with Gasteiger partial charge in [0.05, 0.1) is 38.8 Å². The zero-order valence-electron chi connectivity index (χ0n) is 92.6. The van der Waals surface area contributed by atoms with E-state index in [0.717, 1.165) is 62.5 Å². The van der Waals surface area contributed by atoms with Crippen molar-refractivity contribution in [3.8, 4) is 44.5 Å². The summed E-state index contributed by atoms with van der Waals surface area (Å²) in [7, 11) is -6.60. The van der Waals surface area contributed by atoms with Gasteiger partial charge in [0.25, 0.3) is 0 Å².